The normalized spacial score (nSPS) is 21.8. The Hall–Kier alpha value is -2.73. The van der Waals surface area contributed by atoms with Crippen molar-refractivity contribution in [3.05, 3.63) is 17.7 Å². The lowest BCUT2D eigenvalue weighted by molar-refractivity contribution is 0.00197. The Balaban J connectivity index is 1.44. The molecule has 2 bridgehead atoms. The number of fused-ring (bicyclic) bond motifs is 3. The number of amides is 1. The molecule has 2 aromatic rings. The summed E-state index contributed by atoms with van der Waals surface area (Å²) in [6.07, 6.45) is 4.26. The highest BCUT2D eigenvalue weighted by Gasteiger charge is 2.46. The summed E-state index contributed by atoms with van der Waals surface area (Å²) >= 11 is 0. The van der Waals surface area contributed by atoms with E-state index in [9.17, 15) is 9.18 Å². The van der Waals surface area contributed by atoms with Gasteiger partial charge in [0, 0.05) is 31.2 Å². The molecule has 1 aromatic carbocycles. The van der Waals surface area contributed by atoms with Gasteiger partial charge in [-0.25, -0.2) is 13.6 Å². The van der Waals surface area contributed by atoms with Gasteiger partial charge < -0.3 is 23.5 Å². The summed E-state index contributed by atoms with van der Waals surface area (Å²) in [7, 11) is -0.616. The molecule has 44 heavy (non-hydrogen) atoms. The number of carbonyl (C=O) groups excluding carboxylic acids is 1. The molecule has 12 heteroatoms. The lowest BCUT2D eigenvalue weighted by Gasteiger charge is -2.45. The second-order valence-electron chi connectivity index (χ2n) is 15.3. The Morgan fingerprint density at radius 2 is 1.66 bits per heavy atom. The number of ether oxygens (including phenoxy) is 3. The van der Waals surface area contributed by atoms with Gasteiger partial charge in [-0.2, -0.15) is 9.97 Å². The minimum atomic E-state index is -1.96. The number of benzene rings is 1. The molecule has 1 aliphatic carbocycles. The van der Waals surface area contributed by atoms with Gasteiger partial charge in [0.1, 0.15) is 16.9 Å². The molecule has 0 radical (unpaired) electrons. The summed E-state index contributed by atoms with van der Waals surface area (Å²) in [5.41, 5.74) is -0.838. The highest BCUT2D eigenvalue weighted by molar-refractivity contribution is 6.74. The van der Waals surface area contributed by atoms with Gasteiger partial charge in [-0.3, -0.25) is 4.90 Å². The van der Waals surface area contributed by atoms with Crippen LogP contribution in [0.3, 0.4) is 0 Å². The van der Waals surface area contributed by atoms with E-state index in [0.717, 1.165) is 38.2 Å². The van der Waals surface area contributed by atoms with E-state index in [1.165, 1.54) is 7.11 Å². The molecule has 1 aromatic heterocycles. The van der Waals surface area contributed by atoms with Crippen LogP contribution in [0.1, 0.15) is 73.6 Å². The van der Waals surface area contributed by atoms with E-state index in [1.807, 2.05) is 30.6 Å². The number of halogens is 2. The monoisotopic (exact) mass is 634 g/mol. The second-order valence-corrected chi connectivity index (χ2v) is 20.1. The number of hydrogen-bond donors (Lipinski definition) is 0. The van der Waals surface area contributed by atoms with Crippen LogP contribution >= 0.6 is 0 Å². The first-order chi connectivity index (χ1) is 20.4. The maximum absolute atomic E-state index is 15.4. The fraction of sp³-hybridized carbons (Fsp3) is 0.719. The maximum atomic E-state index is 15.4. The quantitative estimate of drug-likeness (QED) is 0.285. The number of rotatable bonds is 8. The van der Waals surface area contributed by atoms with Gasteiger partial charge in [0.05, 0.1) is 31.2 Å². The molecule has 2 saturated heterocycles. The summed E-state index contributed by atoms with van der Waals surface area (Å²) in [6, 6.07) is 0.550. The van der Waals surface area contributed by atoms with Gasteiger partial charge in [-0.05, 0) is 64.6 Å². The van der Waals surface area contributed by atoms with E-state index in [2.05, 4.69) is 38.8 Å². The molecule has 2 atom stereocenters. The van der Waals surface area contributed by atoms with Gasteiger partial charge in [-0.1, -0.05) is 27.2 Å². The Morgan fingerprint density at radius 1 is 1.02 bits per heavy atom. The van der Waals surface area contributed by atoms with E-state index in [-0.39, 0.29) is 51.3 Å². The molecule has 5 rings (SSSR count). The van der Waals surface area contributed by atoms with Crippen molar-refractivity contribution in [2.75, 3.05) is 38.3 Å². The van der Waals surface area contributed by atoms with E-state index < -0.39 is 25.6 Å². The van der Waals surface area contributed by atoms with Gasteiger partial charge in [0.2, 0.25) is 0 Å². The Kier molecular flexibility index (Phi) is 8.58. The molecule has 3 heterocycles. The van der Waals surface area contributed by atoms with Crippen molar-refractivity contribution >= 4 is 31.1 Å². The van der Waals surface area contributed by atoms with E-state index in [1.54, 1.807) is 0 Å². The highest BCUT2D eigenvalue weighted by atomic mass is 28.4. The molecule has 3 aliphatic rings. The third kappa shape index (κ3) is 6.34. The van der Waals surface area contributed by atoms with Gasteiger partial charge in [0.15, 0.2) is 25.7 Å². The van der Waals surface area contributed by atoms with Crippen LogP contribution in [0.4, 0.5) is 19.4 Å². The van der Waals surface area contributed by atoms with E-state index in [4.69, 9.17) is 23.6 Å². The summed E-state index contributed by atoms with van der Waals surface area (Å²) in [5, 5.41) is 0.246. The standard InChI is InChI=1S/C32H48F2N4O5Si/c1-30(2,3)43-29(39)38-20-11-12-21(38)17-37(16-20)27-24-25(22(33)15-23(34)26(24)40-7)35-28(36-27)41-18-32(13-10-14-32)19-42-44(8,9)31(4,5)6/h15,20-21H,10-14,16-19H2,1-9H3. The van der Waals surface area contributed by atoms with Gasteiger partial charge in [-0.15, -0.1) is 0 Å². The molecule has 1 amide bonds. The number of nitrogens with zero attached hydrogens (tertiary/aromatic N) is 4. The van der Waals surface area contributed by atoms with Crippen LogP contribution in [-0.2, 0) is 9.16 Å². The summed E-state index contributed by atoms with van der Waals surface area (Å²) in [5.74, 6) is -1.44. The third-order valence-electron chi connectivity index (χ3n) is 9.85. The zero-order valence-electron chi connectivity index (χ0n) is 27.7. The minimum absolute atomic E-state index is 0.0283. The molecule has 1 saturated carbocycles. The van der Waals surface area contributed by atoms with Crippen molar-refractivity contribution in [2.24, 2.45) is 5.41 Å². The predicted molar refractivity (Wildman–Crippen MR) is 168 cm³/mol. The van der Waals surface area contributed by atoms with Gasteiger partial charge >= 0.3 is 12.1 Å². The topological polar surface area (TPSA) is 86.3 Å². The van der Waals surface area contributed by atoms with Crippen LogP contribution < -0.4 is 14.4 Å². The number of piperazine rings is 1. The SMILES string of the molecule is COc1c(F)cc(F)c2nc(OCC3(CO[Si](C)(C)C(C)(C)C)CCC3)nc(N3CC4CCC(C3)N4C(=O)OC(C)(C)C)c12. The van der Waals surface area contributed by atoms with Crippen LogP contribution in [0.15, 0.2) is 6.07 Å². The first-order valence-electron chi connectivity index (χ1n) is 15.7. The average molecular weight is 635 g/mol. The highest BCUT2D eigenvalue weighted by Crippen LogP contribution is 2.45. The van der Waals surface area contributed by atoms with Crippen LogP contribution in [-0.4, -0.2) is 80.4 Å². The first-order valence-corrected chi connectivity index (χ1v) is 18.6. The van der Waals surface area contributed by atoms with Crippen molar-refractivity contribution < 1.29 is 32.2 Å². The molecular formula is C32H48F2N4O5Si. The molecule has 3 fully saturated rings. The molecule has 9 nitrogen and oxygen atoms in total. The molecule has 0 N–H and O–H groups in total. The molecule has 0 spiro atoms. The zero-order valence-corrected chi connectivity index (χ0v) is 28.7. The third-order valence-corrected chi connectivity index (χ3v) is 14.3. The minimum Gasteiger partial charge on any atom is -0.493 e. The second kappa shape index (κ2) is 11.6. The van der Waals surface area contributed by atoms with Crippen LogP contribution in [0, 0.1) is 17.0 Å². The summed E-state index contributed by atoms with van der Waals surface area (Å²) in [6.45, 7) is 18.5. The number of hydrogen-bond acceptors (Lipinski definition) is 8. The van der Waals surface area contributed by atoms with Crippen molar-refractivity contribution in [3.63, 3.8) is 0 Å². The van der Waals surface area contributed by atoms with Crippen LogP contribution in [0.25, 0.3) is 10.9 Å². The maximum Gasteiger partial charge on any atom is 0.410 e. The number of aromatic nitrogens is 2. The lowest BCUT2D eigenvalue weighted by atomic mass is 9.70. The van der Waals surface area contributed by atoms with Crippen molar-refractivity contribution in [1.29, 1.82) is 0 Å². The average Bonchev–Trinajstić information content (AvgIpc) is 3.16. The van der Waals surface area contributed by atoms with Crippen molar-refractivity contribution in [2.45, 2.75) is 109 Å². The summed E-state index contributed by atoms with van der Waals surface area (Å²) < 4.78 is 54.3. The number of carbonyl (C=O) groups is 1. The zero-order chi connectivity index (χ0) is 32.2. The summed E-state index contributed by atoms with van der Waals surface area (Å²) in [4.78, 5) is 26.0. The predicted octanol–water partition coefficient (Wildman–Crippen LogP) is 7.08. The Morgan fingerprint density at radius 3 is 2.18 bits per heavy atom. The van der Waals surface area contributed by atoms with Gasteiger partial charge in [0.25, 0.3) is 0 Å². The first kappa shape index (κ1) is 32.7. The fourth-order valence-corrected chi connectivity index (χ4v) is 7.23. The van der Waals surface area contributed by atoms with Crippen molar-refractivity contribution in [1.82, 2.24) is 14.9 Å². The van der Waals surface area contributed by atoms with Crippen LogP contribution in [0.5, 0.6) is 11.8 Å². The van der Waals surface area contributed by atoms with Crippen LogP contribution in [0.2, 0.25) is 18.1 Å². The molecule has 244 valence electrons. The Bertz CT molecular complexity index is 1390. The largest absolute Gasteiger partial charge is 0.493 e. The number of methoxy groups -OCH3 is 1. The number of anilines is 1. The molecule has 2 aliphatic heterocycles. The van der Waals surface area contributed by atoms with Crippen molar-refractivity contribution in [3.8, 4) is 11.8 Å². The van der Waals surface area contributed by atoms with E-state index in [0.29, 0.717) is 32.1 Å². The smallest absolute Gasteiger partial charge is 0.410 e. The molecule has 2 unspecified atom stereocenters. The lowest BCUT2D eigenvalue weighted by Crippen LogP contribution is -2.57. The van der Waals surface area contributed by atoms with E-state index >= 15 is 4.39 Å². The Labute approximate surface area is 260 Å². The fourth-order valence-electron chi connectivity index (χ4n) is 6.13. The molecular weight excluding hydrogens is 586 g/mol.